The Hall–Kier alpha value is -6.76. The smallest absolute Gasteiger partial charge is 0.433 e. The molecule has 13 nitrogen and oxygen atoms in total. The van der Waals surface area contributed by atoms with Crippen LogP contribution >= 0.6 is 0 Å². The van der Waals surface area contributed by atoms with Gasteiger partial charge in [0.1, 0.15) is 23.2 Å². The third kappa shape index (κ3) is 8.31. The van der Waals surface area contributed by atoms with E-state index in [0.717, 1.165) is 12.3 Å². The number of hydrogen-bond acceptors (Lipinski definition) is 11. The van der Waals surface area contributed by atoms with Crippen LogP contribution in [0.2, 0.25) is 0 Å². The highest BCUT2D eigenvalue weighted by Gasteiger charge is 2.32. The summed E-state index contributed by atoms with van der Waals surface area (Å²) in [4.78, 5) is 52.4. The van der Waals surface area contributed by atoms with Gasteiger partial charge in [-0.05, 0) is 88.4 Å². The van der Waals surface area contributed by atoms with Crippen LogP contribution < -0.4 is 9.80 Å². The highest BCUT2D eigenvalue weighted by Crippen LogP contribution is 2.33. The zero-order valence-electron chi connectivity index (χ0n) is 30.0. The number of fused-ring (bicyclic) bond motifs is 2. The highest BCUT2D eigenvalue weighted by molar-refractivity contribution is 5.94. The lowest BCUT2D eigenvalue weighted by Crippen LogP contribution is -2.27. The lowest BCUT2D eigenvalue weighted by atomic mass is 10.1. The number of carboxylic acids is 2. The molecule has 54 heavy (non-hydrogen) atoms. The summed E-state index contributed by atoms with van der Waals surface area (Å²) < 4.78 is 38.4. The number of aromatic nitrogens is 6. The molecule has 4 heterocycles. The molecule has 0 saturated heterocycles. The predicted octanol–water partition coefficient (Wildman–Crippen LogP) is 7.36. The standard InChI is InChI=1S/C19H17F3N4O2.C19H17N5O2/c1-10(2)26(3)17-16(12-5-7-15(23-9-12)19(20,21)22)24-13-6-4-11(18(27)28)8-14(13)25-17;1-11(2)24(3)18-17(15-6-4-12(9-20)10-21-15)22-14-7-5-13(19(25)26)8-16(14)23-18/h4-10H,1-3H3,(H,27,28);4-8,10-11H,1-3H3,(H,25,26). The Labute approximate surface area is 307 Å². The molecule has 0 aliphatic heterocycles. The van der Waals surface area contributed by atoms with Crippen LogP contribution in [-0.4, -0.2) is 78.2 Å². The van der Waals surface area contributed by atoms with Crippen molar-refractivity contribution in [3.05, 3.63) is 95.4 Å². The molecular formula is C38H34F3N9O4. The Morgan fingerprint density at radius 3 is 1.61 bits per heavy atom. The van der Waals surface area contributed by atoms with Gasteiger partial charge in [-0.1, -0.05) is 0 Å². The van der Waals surface area contributed by atoms with Gasteiger partial charge >= 0.3 is 18.1 Å². The van der Waals surface area contributed by atoms with E-state index in [2.05, 4.69) is 29.9 Å². The average molecular weight is 738 g/mol. The zero-order chi connectivity index (χ0) is 39.5. The first-order valence-electron chi connectivity index (χ1n) is 16.4. The van der Waals surface area contributed by atoms with Crippen molar-refractivity contribution in [2.45, 2.75) is 46.0 Å². The summed E-state index contributed by atoms with van der Waals surface area (Å²) in [6.07, 6.45) is -1.92. The molecule has 4 aromatic heterocycles. The van der Waals surface area contributed by atoms with Gasteiger partial charge in [-0.25, -0.2) is 29.5 Å². The van der Waals surface area contributed by atoms with Crippen LogP contribution in [0.25, 0.3) is 44.7 Å². The number of anilines is 2. The normalized spacial score (nSPS) is 11.3. The number of halogens is 3. The van der Waals surface area contributed by atoms with Crippen LogP contribution in [-0.2, 0) is 6.18 Å². The number of carboxylic acid groups (broad SMARTS) is 2. The molecule has 6 aromatic rings. The van der Waals surface area contributed by atoms with Crippen molar-refractivity contribution >= 4 is 45.6 Å². The summed E-state index contributed by atoms with van der Waals surface area (Å²) in [5, 5.41) is 27.3. The fraction of sp³-hybridized carbons (Fsp3) is 0.237. The number of alkyl halides is 3. The number of nitrogens with zero attached hydrogens (tertiary/aromatic N) is 9. The summed E-state index contributed by atoms with van der Waals surface area (Å²) in [7, 11) is 3.68. The number of pyridine rings is 2. The SMILES string of the molecule is CC(C)N(C)c1nc2cc(C(=O)O)ccc2nc1-c1ccc(C#N)cn1.CC(C)N(C)c1nc2cc(C(=O)O)ccc2nc1-c1ccc(C(F)(F)F)nc1. The van der Waals surface area contributed by atoms with Crippen molar-refractivity contribution < 1.29 is 33.0 Å². The topological polar surface area (TPSA) is 182 Å². The van der Waals surface area contributed by atoms with Crippen LogP contribution in [0.5, 0.6) is 0 Å². The molecule has 2 aromatic carbocycles. The molecule has 0 fully saturated rings. The summed E-state index contributed by atoms with van der Waals surface area (Å²) in [6.45, 7) is 7.90. The second-order valence-electron chi connectivity index (χ2n) is 12.7. The van der Waals surface area contributed by atoms with E-state index < -0.39 is 23.8 Å². The van der Waals surface area contributed by atoms with Crippen molar-refractivity contribution in [3.8, 4) is 28.7 Å². The third-order valence-corrected chi connectivity index (χ3v) is 8.47. The van der Waals surface area contributed by atoms with Gasteiger partial charge in [0.05, 0.1) is 44.5 Å². The van der Waals surface area contributed by atoms with Crippen molar-refractivity contribution in [1.29, 1.82) is 5.26 Å². The Morgan fingerprint density at radius 2 is 1.20 bits per heavy atom. The summed E-state index contributed by atoms with van der Waals surface area (Å²) in [5.41, 5.74) is 3.54. The Bertz CT molecular complexity index is 2400. The monoisotopic (exact) mass is 737 g/mol. The number of rotatable bonds is 8. The first-order chi connectivity index (χ1) is 25.5. The van der Waals surface area contributed by atoms with Crippen LogP contribution in [0.15, 0.2) is 73.1 Å². The van der Waals surface area contributed by atoms with E-state index in [-0.39, 0.29) is 23.2 Å². The summed E-state index contributed by atoms with van der Waals surface area (Å²) in [6, 6.07) is 16.8. The molecule has 0 aliphatic rings. The van der Waals surface area contributed by atoms with Crippen molar-refractivity contribution in [3.63, 3.8) is 0 Å². The van der Waals surface area contributed by atoms with Gasteiger partial charge < -0.3 is 20.0 Å². The van der Waals surface area contributed by atoms with Crippen LogP contribution in [0, 0.1) is 11.3 Å². The van der Waals surface area contributed by atoms with E-state index in [1.807, 2.05) is 50.6 Å². The van der Waals surface area contributed by atoms with E-state index in [0.29, 0.717) is 61.9 Å². The lowest BCUT2D eigenvalue weighted by Gasteiger charge is -2.25. The van der Waals surface area contributed by atoms with Crippen molar-refractivity contribution in [2.24, 2.45) is 0 Å². The molecule has 2 N–H and O–H groups in total. The molecule has 0 spiro atoms. The van der Waals surface area contributed by atoms with E-state index in [1.54, 1.807) is 25.2 Å². The molecule has 0 amide bonds. The second kappa shape index (κ2) is 15.5. The van der Waals surface area contributed by atoms with Gasteiger partial charge in [0.15, 0.2) is 11.6 Å². The number of benzene rings is 2. The molecule has 6 rings (SSSR count). The van der Waals surface area contributed by atoms with Gasteiger partial charge in [-0.15, -0.1) is 0 Å². The van der Waals surface area contributed by atoms with E-state index in [9.17, 15) is 33.0 Å². The molecule has 0 radical (unpaired) electrons. The lowest BCUT2D eigenvalue weighted by molar-refractivity contribution is -0.141. The maximum atomic E-state index is 12.8. The summed E-state index contributed by atoms with van der Waals surface area (Å²) in [5.74, 6) is -1.07. The number of nitriles is 1. The maximum absolute atomic E-state index is 12.8. The van der Waals surface area contributed by atoms with E-state index in [1.165, 1.54) is 42.6 Å². The van der Waals surface area contributed by atoms with Gasteiger partial charge in [0.25, 0.3) is 0 Å². The molecule has 0 saturated carbocycles. The molecule has 16 heteroatoms. The fourth-order valence-corrected chi connectivity index (χ4v) is 5.00. The third-order valence-electron chi connectivity index (χ3n) is 8.47. The van der Waals surface area contributed by atoms with E-state index in [4.69, 9.17) is 5.26 Å². The fourth-order valence-electron chi connectivity index (χ4n) is 5.00. The van der Waals surface area contributed by atoms with Crippen molar-refractivity contribution in [1.82, 2.24) is 29.9 Å². The highest BCUT2D eigenvalue weighted by atomic mass is 19.4. The van der Waals surface area contributed by atoms with Crippen LogP contribution in [0.3, 0.4) is 0 Å². The zero-order valence-corrected chi connectivity index (χ0v) is 30.0. The average Bonchev–Trinajstić information content (AvgIpc) is 3.15. The molecule has 0 unspecified atom stereocenters. The number of carbonyl (C=O) groups is 2. The quantitative estimate of drug-likeness (QED) is 0.158. The number of hydrogen-bond donors (Lipinski definition) is 2. The first kappa shape index (κ1) is 38.5. The van der Waals surface area contributed by atoms with E-state index >= 15 is 0 Å². The predicted molar refractivity (Wildman–Crippen MR) is 196 cm³/mol. The largest absolute Gasteiger partial charge is 0.478 e. The van der Waals surface area contributed by atoms with Gasteiger partial charge in [0.2, 0.25) is 0 Å². The maximum Gasteiger partial charge on any atom is 0.433 e. The van der Waals surface area contributed by atoms with Crippen LogP contribution in [0.4, 0.5) is 24.8 Å². The minimum Gasteiger partial charge on any atom is -0.478 e. The minimum absolute atomic E-state index is 0.0237. The Morgan fingerprint density at radius 1 is 0.685 bits per heavy atom. The second-order valence-corrected chi connectivity index (χ2v) is 12.7. The summed E-state index contributed by atoms with van der Waals surface area (Å²) >= 11 is 0. The number of aromatic carboxylic acids is 2. The van der Waals surface area contributed by atoms with Gasteiger partial charge in [-0.2, -0.15) is 18.4 Å². The molecule has 0 bridgehead atoms. The Kier molecular flexibility index (Phi) is 11.0. The first-order valence-corrected chi connectivity index (χ1v) is 16.4. The molecule has 0 aliphatic carbocycles. The van der Waals surface area contributed by atoms with Crippen molar-refractivity contribution in [2.75, 3.05) is 23.9 Å². The van der Waals surface area contributed by atoms with Gasteiger partial charge in [-0.3, -0.25) is 9.97 Å². The molecule has 276 valence electrons. The molecule has 0 atom stereocenters. The Balaban J connectivity index is 0.000000208. The van der Waals surface area contributed by atoms with Gasteiger partial charge in [0, 0.05) is 44.1 Å². The molecular weight excluding hydrogens is 703 g/mol. The van der Waals surface area contributed by atoms with Crippen LogP contribution in [0.1, 0.15) is 59.7 Å². The minimum atomic E-state index is -4.53.